The zero-order chi connectivity index (χ0) is 14.8. The van der Waals surface area contributed by atoms with Crippen molar-refractivity contribution in [2.75, 3.05) is 13.2 Å². The Bertz CT molecular complexity index is 346. The molecule has 0 saturated heterocycles. The van der Waals surface area contributed by atoms with E-state index in [0.29, 0.717) is 38.0 Å². The van der Waals surface area contributed by atoms with E-state index in [1.54, 1.807) is 0 Å². The van der Waals surface area contributed by atoms with Crippen LogP contribution in [0.25, 0.3) is 0 Å². The van der Waals surface area contributed by atoms with Crippen LogP contribution in [0.5, 0.6) is 0 Å². The largest absolute Gasteiger partial charge is 0.465 e. The third-order valence-corrected chi connectivity index (χ3v) is 3.48. The molecule has 20 heavy (non-hydrogen) atoms. The molecule has 0 amide bonds. The number of ether oxygens (including phenoxy) is 2. The molecule has 4 nitrogen and oxygen atoms in total. The van der Waals surface area contributed by atoms with Crippen molar-refractivity contribution in [3.8, 4) is 0 Å². The second-order valence-corrected chi connectivity index (χ2v) is 5.21. The SMILES string of the molecule is CCCCOC(=O)C1=CCC(C(=O)OCCCC)CC1. The second-order valence-electron chi connectivity index (χ2n) is 5.21. The number of unbranched alkanes of at least 4 members (excludes halogenated alkanes) is 2. The van der Waals surface area contributed by atoms with Gasteiger partial charge >= 0.3 is 11.9 Å². The fourth-order valence-electron chi connectivity index (χ4n) is 2.07. The van der Waals surface area contributed by atoms with Crippen LogP contribution < -0.4 is 0 Å². The number of carbonyl (C=O) groups excluding carboxylic acids is 2. The highest BCUT2D eigenvalue weighted by molar-refractivity contribution is 5.89. The molecule has 1 rings (SSSR count). The molecule has 1 aliphatic rings. The molecule has 1 atom stereocenters. The summed E-state index contributed by atoms with van der Waals surface area (Å²) in [5.74, 6) is -0.455. The lowest BCUT2D eigenvalue weighted by molar-refractivity contribution is -0.149. The van der Waals surface area contributed by atoms with Crippen molar-refractivity contribution >= 4 is 11.9 Å². The van der Waals surface area contributed by atoms with Gasteiger partial charge in [-0.1, -0.05) is 32.8 Å². The van der Waals surface area contributed by atoms with Crippen LogP contribution in [0.2, 0.25) is 0 Å². The van der Waals surface area contributed by atoms with Gasteiger partial charge in [0, 0.05) is 5.57 Å². The molecule has 0 bridgehead atoms. The van der Waals surface area contributed by atoms with Crippen LogP contribution in [0.15, 0.2) is 11.6 Å². The van der Waals surface area contributed by atoms with Crippen molar-refractivity contribution in [3.63, 3.8) is 0 Å². The molecule has 1 aliphatic carbocycles. The minimum absolute atomic E-state index is 0.0981. The summed E-state index contributed by atoms with van der Waals surface area (Å²) in [4.78, 5) is 23.5. The highest BCUT2D eigenvalue weighted by atomic mass is 16.5. The molecule has 0 fully saturated rings. The summed E-state index contributed by atoms with van der Waals surface area (Å²) in [5, 5.41) is 0. The summed E-state index contributed by atoms with van der Waals surface area (Å²) in [7, 11) is 0. The first kappa shape index (κ1) is 16.7. The summed E-state index contributed by atoms with van der Waals surface area (Å²) in [5.41, 5.74) is 0.707. The molecular formula is C16H26O4. The predicted molar refractivity (Wildman–Crippen MR) is 77.2 cm³/mol. The molecule has 0 saturated carbocycles. The first-order valence-electron chi connectivity index (χ1n) is 7.71. The van der Waals surface area contributed by atoms with Crippen LogP contribution in [0.1, 0.15) is 58.8 Å². The van der Waals surface area contributed by atoms with Crippen LogP contribution in [-0.4, -0.2) is 25.2 Å². The van der Waals surface area contributed by atoms with Crippen LogP contribution >= 0.6 is 0 Å². The van der Waals surface area contributed by atoms with Gasteiger partial charge in [0.1, 0.15) is 0 Å². The van der Waals surface area contributed by atoms with Gasteiger partial charge in [0.2, 0.25) is 0 Å². The van der Waals surface area contributed by atoms with E-state index < -0.39 is 0 Å². The van der Waals surface area contributed by atoms with Gasteiger partial charge in [-0.2, -0.15) is 0 Å². The Labute approximate surface area is 121 Å². The lowest BCUT2D eigenvalue weighted by Crippen LogP contribution is -2.22. The molecule has 0 heterocycles. The Morgan fingerprint density at radius 2 is 1.80 bits per heavy atom. The van der Waals surface area contributed by atoms with E-state index in [0.717, 1.165) is 25.7 Å². The van der Waals surface area contributed by atoms with Crippen LogP contribution in [0, 0.1) is 5.92 Å². The molecule has 0 aromatic rings. The van der Waals surface area contributed by atoms with E-state index in [1.807, 2.05) is 6.08 Å². The molecule has 0 aliphatic heterocycles. The highest BCUT2D eigenvalue weighted by Gasteiger charge is 2.25. The van der Waals surface area contributed by atoms with Gasteiger partial charge in [-0.05, 0) is 32.1 Å². The maximum absolute atomic E-state index is 11.8. The normalized spacial score (nSPS) is 18.3. The smallest absolute Gasteiger partial charge is 0.333 e. The summed E-state index contributed by atoms with van der Waals surface area (Å²) < 4.78 is 10.4. The van der Waals surface area contributed by atoms with Gasteiger partial charge in [0.15, 0.2) is 0 Å². The van der Waals surface area contributed by atoms with Gasteiger partial charge in [0.05, 0.1) is 19.1 Å². The molecule has 0 N–H and O–H groups in total. The Kier molecular flexibility index (Phi) is 8.00. The maximum Gasteiger partial charge on any atom is 0.333 e. The van der Waals surface area contributed by atoms with Crippen molar-refractivity contribution in [1.29, 1.82) is 0 Å². The van der Waals surface area contributed by atoms with E-state index in [2.05, 4.69) is 13.8 Å². The number of hydrogen-bond donors (Lipinski definition) is 0. The van der Waals surface area contributed by atoms with Crippen LogP contribution in [0.4, 0.5) is 0 Å². The van der Waals surface area contributed by atoms with Gasteiger partial charge in [-0.25, -0.2) is 4.79 Å². The van der Waals surface area contributed by atoms with Gasteiger partial charge in [-0.15, -0.1) is 0 Å². The quantitative estimate of drug-likeness (QED) is 0.506. The van der Waals surface area contributed by atoms with E-state index >= 15 is 0 Å². The van der Waals surface area contributed by atoms with E-state index in [4.69, 9.17) is 9.47 Å². The number of allylic oxidation sites excluding steroid dienone is 1. The average Bonchev–Trinajstić information content (AvgIpc) is 2.47. The Morgan fingerprint density at radius 1 is 1.15 bits per heavy atom. The minimum Gasteiger partial charge on any atom is -0.465 e. The Balaban J connectivity index is 2.32. The second kappa shape index (κ2) is 9.56. The third kappa shape index (κ3) is 5.76. The van der Waals surface area contributed by atoms with Crippen LogP contribution in [-0.2, 0) is 19.1 Å². The third-order valence-electron chi connectivity index (χ3n) is 3.48. The topological polar surface area (TPSA) is 52.6 Å². The first-order valence-corrected chi connectivity index (χ1v) is 7.71. The standard InChI is InChI=1S/C16H26O4/c1-3-5-11-19-15(17)13-7-9-14(10-8-13)16(18)20-12-6-4-2/h7,14H,3-6,8-12H2,1-2H3. The van der Waals surface area contributed by atoms with Crippen molar-refractivity contribution in [2.45, 2.75) is 58.8 Å². The van der Waals surface area contributed by atoms with Crippen molar-refractivity contribution in [2.24, 2.45) is 5.92 Å². The molecular weight excluding hydrogens is 256 g/mol. The lowest BCUT2D eigenvalue weighted by atomic mass is 9.89. The maximum atomic E-state index is 11.8. The van der Waals surface area contributed by atoms with E-state index in [9.17, 15) is 9.59 Å². The van der Waals surface area contributed by atoms with Gasteiger partial charge in [0.25, 0.3) is 0 Å². The van der Waals surface area contributed by atoms with Crippen LogP contribution in [0.3, 0.4) is 0 Å². The average molecular weight is 282 g/mol. The molecule has 0 radical (unpaired) electrons. The molecule has 1 unspecified atom stereocenters. The van der Waals surface area contributed by atoms with E-state index in [1.165, 1.54) is 0 Å². The fraction of sp³-hybridized carbons (Fsp3) is 0.750. The Morgan fingerprint density at radius 3 is 2.35 bits per heavy atom. The van der Waals surface area contributed by atoms with Crippen molar-refractivity contribution < 1.29 is 19.1 Å². The molecule has 114 valence electrons. The highest BCUT2D eigenvalue weighted by Crippen LogP contribution is 2.25. The molecule has 0 spiro atoms. The zero-order valence-corrected chi connectivity index (χ0v) is 12.7. The molecule has 0 aromatic carbocycles. The first-order chi connectivity index (χ1) is 9.69. The molecule has 4 heteroatoms. The zero-order valence-electron chi connectivity index (χ0n) is 12.7. The fourth-order valence-corrected chi connectivity index (χ4v) is 2.07. The van der Waals surface area contributed by atoms with Gasteiger partial charge < -0.3 is 9.47 Å². The van der Waals surface area contributed by atoms with E-state index in [-0.39, 0.29) is 17.9 Å². The number of carbonyl (C=O) groups is 2. The summed E-state index contributed by atoms with van der Waals surface area (Å²) >= 11 is 0. The summed E-state index contributed by atoms with van der Waals surface area (Å²) in [6.07, 6.45) is 7.54. The van der Waals surface area contributed by atoms with Crippen molar-refractivity contribution in [3.05, 3.63) is 11.6 Å². The lowest BCUT2D eigenvalue weighted by Gasteiger charge is -2.19. The predicted octanol–water partition coefficient (Wildman–Crippen LogP) is 3.40. The van der Waals surface area contributed by atoms with Crippen molar-refractivity contribution in [1.82, 2.24) is 0 Å². The Hall–Kier alpha value is -1.32. The molecule has 0 aromatic heterocycles. The minimum atomic E-state index is -0.226. The number of esters is 2. The summed E-state index contributed by atoms with van der Waals surface area (Å²) in [6, 6.07) is 0. The number of hydrogen-bond acceptors (Lipinski definition) is 4. The number of rotatable bonds is 8. The van der Waals surface area contributed by atoms with Gasteiger partial charge in [-0.3, -0.25) is 4.79 Å². The summed E-state index contributed by atoms with van der Waals surface area (Å²) in [6.45, 7) is 5.10. The monoisotopic (exact) mass is 282 g/mol.